The van der Waals surface area contributed by atoms with Gasteiger partial charge in [-0.1, -0.05) is 31.5 Å². The summed E-state index contributed by atoms with van der Waals surface area (Å²) >= 11 is 5.79. The predicted molar refractivity (Wildman–Crippen MR) is 78.7 cm³/mol. The van der Waals surface area contributed by atoms with Gasteiger partial charge in [0.25, 0.3) is 0 Å². The molecule has 0 aliphatic carbocycles. The zero-order chi connectivity index (χ0) is 14.3. The van der Waals surface area contributed by atoms with Crippen LogP contribution in [0.1, 0.15) is 51.7 Å². The molecule has 18 heavy (non-hydrogen) atoms. The first kappa shape index (κ1) is 17.4. The molecule has 2 N–H and O–H groups in total. The monoisotopic (exact) mass is 273 g/mol. The average molecular weight is 274 g/mol. The van der Waals surface area contributed by atoms with Crippen LogP contribution in [0.15, 0.2) is 12.1 Å². The van der Waals surface area contributed by atoms with E-state index in [1.54, 1.807) is 13.0 Å². The molecular formula is C15H25ClFN. The fourth-order valence-corrected chi connectivity index (χ4v) is 1.98. The van der Waals surface area contributed by atoms with Crippen molar-refractivity contribution in [2.75, 3.05) is 0 Å². The van der Waals surface area contributed by atoms with E-state index in [-0.39, 0.29) is 16.4 Å². The van der Waals surface area contributed by atoms with Crippen molar-refractivity contribution in [2.24, 2.45) is 5.73 Å². The summed E-state index contributed by atoms with van der Waals surface area (Å²) in [6.45, 7) is 9.75. The van der Waals surface area contributed by atoms with Crippen LogP contribution in [0.25, 0.3) is 0 Å². The van der Waals surface area contributed by atoms with Gasteiger partial charge in [0.2, 0.25) is 0 Å². The number of halogens is 2. The molecule has 0 radical (unpaired) electrons. The maximum Gasteiger partial charge on any atom is 0.144 e. The van der Waals surface area contributed by atoms with Crippen molar-refractivity contribution in [2.45, 2.75) is 59.4 Å². The van der Waals surface area contributed by atoms with E-state index >= 15 is 0 Å². The minimum atomic E-state index is -0.315. The molecule has 0 bridgehead atoms. The Morgan fingerprint density at radius 3 is 2.28 bits per heavy atom. The molecule has 0 amide bonds. The summed E-state index contributed by atoms with van der Waals surface area (Å²) in [5.74, 6) is -0.315. The van der Waals surface area contributed by atoms with E-state index in [0.717, 1.165) is 24.8 Å². The van der Waals surface area contributed by atoms with E-state index < -0.39 is 0 Å². The molecule has 104 valence electrons. The lowest BCUT2D eigenvalue weighted by atomic mass is 9.96. The maximum absolute atomic E-state index is 13.3. The highest BCUT2D eigenvalue weighted by molar-refractivity contribution is 6.30. The van der Waals surface area contributed by atoms with Crippen molar-refractivity contribution < 1.29 is 4.39 Å². The maximum atomic E-state index is 13.3. The van der Waals surface area contributed by atoms with Crippen molar-refractivity contribution in [1.29, 1.82) is 0 Å². The van der Waals surface area contributed by atoms with Crippen LogP contribution < -0.4 is 5.73 Å². The Bertz CT molecular complexity index is 346. The second kappa shape index (κ2) is 7.75. The average Bonchev–Trinajstić information content (AvgIpc) is 2.27. The molecule has 0 aliphatic heterocycles. The lowest BCUT2D eigenvalue weighted by molar-refractivity contribution is 0.459. The van der Waals surface area contributed by atoms with Crippen LogP contribution in [0.3, 0.4) is 0 Å². The number of hydrogen-bond donors (Lipinski definition) is 1. The Hall–Kier alpha value is -0.600. The largest absolute Gasteiger partial charge is 0.326 e. The van der Waals surface area contributed by atoms with Crippen LogP contribution in [0.2, 0.25) is 5.02 Å². The van der Waals surface area contributed by atoms with E-state index in [9.17, 15) is 4.39 Å². The van der Waals surface area contributed by atoms with E-state index in [0.29, 0.717) is 5.56 Å². The van der Waals surface area contributed by atoms with Gasteiger partial charge in [-0.2, -0.15) is 0 Å². The lowest BCUT2D eigenvalue weighted by Crippen LogP contribution is -2.31. The number of aryl methyl sites for hydroxylation is 2. The third-order valence-electron chi connectivity index (χ3n) is 2.56. The molecule has 0 fully saturated rings. The second-order valence-electron chi connectivity index (χ2n) is 5.05. The normalized spacial score (nSPS) is 10.9. The highest BCUT2D eigenvalue weighted by Gasteiger charge is 2.11. The molecule has 0 saturated heterocycles. The van der Waals surface area contributed by atoms with Crippen molar-refractivity contribution >= 4 is 11.6 Å². The topological polar surface area (TPSA) is 26.0 Å². The second-order valence-corrected chi connectivity index (χ2v) is 5.46. The minimum absolute atomic E-state index is 0.140. The standard InChI is InChI=1S/C13H19ClFN.C2H6/c1-9-7-10(8-11(14)12(9)15)5-4-6-13(2,3)16;1-2/h7-8H,4-6,16H2,1-3H3;1-2H3. The van der Waals surface area contributed by atoms with Crippen molar-refractivity contribution in [3.05, 3.63) is 34.1 Å². The SMILES string of the molecule is CC.Cc1cc(CCCC(C)(C)N)cc(Cl)c1F. The first-order valence-electron chi connectivity index (χ1n) is 6.53. The smallest absolute Gasteiger partial charge is 0.144 e. The Labute approximate surface area is 116 Å². The molecule has 1 aromatic rings. The molecule has 0 heterocycles. The molecule has 0 aliphatic rings. The van der Waals surface area contributed by atoms with E-state index in [2.05, 4.69) is 0 Å². The van der Waals surface area contributed by atoms with Crippen LogP contribution in [0.5, 0.6) is 0 Å². The lowest BCUT2D eigenvalue weighted by Gasteiger charge is -2.18. The van der Waals surface area contributed by atoms with Crippen molar-refractivity contribution in [1.82, 2.24) is 0 Å². The molecule has 0 spiro atoms. The van der Waals surface area contributed by atoms with Crippen molar-refractivity contribution in [3.63, 3.8) is 0 Å². The quantitative estimate of drug-likeness (QED) is 0.832. The van der Waals surface area contributed by atoms with Crippen LogP contribution in [-0.4, -0.2) is 5.54 Å². The summed E-state index contributed by atoms with van der Waals surface area (Å²) < 4.78 is 13.3. The van der Waals surface area contributed by atoms with Crippen molar-refractivity contribution in [3.8, 4) is 0 Å². The Kier molecular flexibility index (Phi) is 7.49. The molecule has 1 nitrogen and oxygen atoms in total. The molecule has 1 aromatic carbocycles. The fraction of sp³-hybridized carbons (Fsp3) is 0.600. The molecule has 0 saturated carbocycles. The summed E-state index contributed by atoms with van der Waals surface area (Å²) in [4.78, 5) is 0. The fourth-order valence-electron chi connectivity index (χ4n) is 1.69. The van der Waals surface area contributed by atoms with Gasteiger partial charge in [-0.15, -0.1) is 0 Å². The third-order valence-corrected chi connectivity index (χ3v) is 2.83. The molecule has 0 unspecified atom stereocenters. The molecule has 1 rings (SSSR count). The van der Waals surface area contributed by atoms with Gasteiger partial charge in [-0.3, -0.25) is 0 Å². The van der Waals surface area contributed by atoms with Gasteiger partial charge in [0.15, 0.2) is 0 Å². The van der Waals surface area contributed by atoms with E-state index in [1.807, 2.05) is 33.8 Å². The van der Waals surface area contributed by atoms with E-state index in [4.69, 9.17) is 17.3 Å². The van der Waals surface area contributed by atoms with Crippen LogP contribution in [0, 0.1) is 12.7 Å². The Morgan fingerprint density at radius 2 is 1.83 bits per heavy atom. The van der Waals surface area contributed by atoms with Crippen LogP contribution >= 0.6 is 11.6 Å². The third kappa shape index (κ3) is 6.36. The summed E-state index contributed by atoms with van der Waals surface area (Å²) in [7, 11) is 0. The number of rotatable bonds is 4. The van der Waals surface area contributed by atoms with Crippen LogP contribution in [0.4, 0.5) is 4.39 Å². The van der Waals surface area contributed by atoms with Gasteiger partial charge in [0, 0.05) is 5.54 Å². The number of hydrogen-bond acceptors (Lipinski definition) is 1. The molecule has 3 heteroatoms. The van der Waals surface area contributed by atoms with Crippen LogP contribution in [-0.2, 0) is 6.42 Å². The zero-order valence-corrected chi connectivity index (χ0v) is 12.9. The number of benzene rings is 1. The summed E-state index contributed by atoms with van der Waals surface area (Å²) in [5, 5.41) is 0.210. The van der Waals surface area contributed by atoms with Gasteiger partial charge in [-0.25, -0.2) is 4.39 Å². The highest BCUT2D eigenvalue weighted by Crippen LogP contribution is 2.22. The van der Waals surface area contributed by atoms with Gasteiger partial charge >= 0.3 is 0 Å². The Morgan fingerprint density at radius 1 is 1.28 bits per heavy atom. The van der Waals surface area contributed by atoms with Gasteiger partial charge in [-0.05, 0) is 57.2 Å². The molecular weight excluding hydrogens is 249 g/mol. The molecule has 0 atom stereocenters. The van der Waals surface area contributed by atoms with Gasteiger partial charge in [0.1, 0.15) is 5.82 Å². The van der Waals surface area contributed by atoms with Gasteiger partial charge < -0.3 is 5.73 Å². The summed E-state index contributed by atoms with van der Waals surface area (Å²) in [6.07, 6.45) is 2.83. The number of nitrogens with two attached hydrogens (primary N) is 1. The highest BCUT2D eigenvalue weighted by atomic mass is 35.5. The molecule has 0 aromatic heterocycles. The Balaban J connectivity index is 0.00000137. The summed E-state index contributed by atoms with van der Waals surface area (Å²) in [6, 6.07) is 3.55. The zero-order valence-electron chi connectivity index (χ0n) is 12.1. The van der Waals surface area contributed by atoms with E-state index in [1.165, 1.54) is 0 Å². The predicted octanol–water partition coefficient (Wildman–Crippen LogP) is 4.87. The van der Waals surface area contributed by atoms with Gasteiger partial charge in [0.05, 0.1) is 5.02 Å². The minimum Gasteiger partial charge on any atom is -0.326 e. The first-order chi connectivity index (χ1) is 8.29. The first-order valence-corrected chi connectivity index (χ1v) is 6.91. The summed E-state index contributed by atoms with van der Waals surface area (Å²) in [5.41, 5.74) is 7.44.